The van der Waals surface area contributed by atoms with Gasteiger partial charge in [0.05, 0.1) is 11.0 Å². The summed E-state index contributed by atoms with van der Waals surface area (Å²) < 4.78 is 8.75. The van der Waals surface area contributed by atoms with Crippen LogP contribution in [0.4, 0.5) is 0 Å². The van der Waals surface area contributed by atoms with Crippen LogP contribution in [0.3, 0.4) is 0 Å². The second kappa shape index (κ2) is 8.68. The Bertz CT molecular complexity index is 2830. The molecule has 11 rings (SSSR count). The molecule has 7 aromatic carbocycles. The second-order valence-electron chi connectivity index (χ2n) is 12.2. The highest BCUT2D eigenvalue weighted by molar-refractivity contribution is 6.27. The molecule has 4 heteroatoms. The highest BCUT2D eigenvalue weighted by Crippen LogP contribution is 2.49. The summed E-state index contributed by atoms with van der Waals surface area (Å²) in [7, 11) is 0. The molecule has 4 nitrogen and oxygen atoms in total. The normalized spacial score (nSPS) is 12.3. The molecule has 0 aliphatic heterocycles. The molecule has 1 aliphatic carbocycles. The van der Waals surface area contributed by atoms with Crippen molar-refractivity contribution in [2.24, 2.45) is 0 Å². The highest BCUT2D eigenvalue weighted by atomic mass is 16.3. The zero-order valence-electron chi connectivity index (χ0n) is 24.5. The van der Waals surface area contributed by atoms with Gasteiger partial charge in [0.15, 0.2) is 5.58 Å². The van der Waals surface area contributed by atoms with Crippen molar-refractivity contribution < 1.29 is 4.42 Å². The molecule has 0 saturated heterocycles. The number of hydrogen-bond acceptors (Lipinski definition) is 3. The van der Waals surface area contributed by atoms with Crippen LogP contribution >= 0.6 is 0 Å². The lowest BCUT2D eigenvalue weighted by molar-refractivity contribution is 0.666. The Hall–Kier alpha value is -6.26. The minimum Gasteiger partial charge on any atom is -0.452 e. The first-order valence-corrected chi connectivity index (χ1v) is 15.6. The van der Waals surface area contributed by atoms with E-state index in [2.05, 4.69) is 126 Å². The van der Waals surface area contributed by atoms with Crippen LogP contribution < -0.4 is 0 Å². The third-order valence-corrected chi connectivity index (χ3v) is 9.73. The minimum absolute atomic E-state index is 0.628. The van der Waals surface area contributed by atoms with Gasteiger partial charge in [-0.3, -0.25) is 4.57 Å². The molecule has 0 N–H and O–H groups in total. The number of furan rings is 1. The summed E-state index contributed by atoms with van der Waals surface area (Å²) in [5, 5.41) is 8.33. The van der Waals surface area contributed by atoms with Gasteiger partial charge in [-0.05, 0) is 74.1 Å². The van der Waals surface area contributed by atoms with Gasteiger partial charge in [-0.15, -0.1) is 0 Å². The second-order valence-corrected chi connectivity index (χ2v) is 12.2. The first-order chi connectivity index (χ1) is 22.8. The molecule has 3 heterocycles. The monoisotopic (exact) mass is 585 g/mol. The van der Waals surface area contributed by atoms with Crippen molar-refractivity contribution in [1.29, 1.82) is 0 Å². The van der Waals surface area contributed by atoms with Crippen LogP contribution in [0.25, 0.3) is 105 Å². The average Bonchev–Trinajstić information content (AvgIpc) is 3.62. The first-order valence-electron chi connectivity index (χ1n) is 15.6. The van der Waals surface area contributed by atoms with Crippen molar-refractivity contribution in [3.8, 4) is 39.5 Å². The maximum absolute atomic E-state index is 6.50. The fourth-order valence-corrected chi connectivity index (χ4v) is 7.77. The van der Waals surface area contributed by atoms with Crippen molar-refractivity contribution >= 4 is 65.4 Å². The smallest absolute Gasteiger partial charge is 0.236 e. The van der Waals surface area contributed by atoms with Gasteiger partial charge in [-0.1, -0.05) is 109 Å². The largest absolute Gasteiger partial charge is 0.452 e. The summed E-state index contributed by atoms with van der Waals surface area (Å²) in [5.41, 5.74) is 11.2. The fraction of sp³-hybridized carbons (Fsp3) is 0. The van der Waals surface area contributed by atoms with E-state index in [1.807, 2.05) is 18.2 Å². The van der Waals surface area contributed by atoms with Crippen LogP contribution in [-0.2, 0) is 0 Å². The number of fused-ring (bicyclic) bond motifs is 6. The van der Waals surface area contributed by atoms with E-state index in [-0.39, 0.29) is 0 Å². The van der Waals surface area contributed by atoms with E-state index < -0.39 is 0 Å². The predicted octanol–water partition coefficient (Wildman–Crippen LogP) is 11.1. The van der Waals surface area contributed by atoms with Crippen molar-refractivity contribution in [1.82, 2.24) is 14.5 Å². The van der Waals surface area contributed by atoms with Crippen molar-refractivity contribution in [3.05, 3.63) is 140 Å². The average molecular weight is 586 g/mol. The van der Waals surface area contributed by atoms with Crippen LogP contribution in [0.2, 0.25) is 0 Å². The molecule has 3 aromatic heterocycles. The van der Waals surface area contributed by atoms with Gasteiger partial charge in [0.2, 0.25) is 5.95 Å². The summed E-state index contributed by atoms with van der Waals surface area (Å²) in [6, 6.07) is 49.6. The lowest BCUT2D eigenvalue weighted by atomic mass is 9.93. The molecule has 0 saturated carbocycles. The van der Waals surface area contributed by atoms with Crippen LogP contribution in [0.1, 0.15) is 0 Å². The molecule has 0 radical (unpaired) electrons. The standard InChI is InChI=1S/C42H23N3O/c1-2-10-26-23-27(22-21-24(26)9-1)39-41-40(32-13-3-4-20-35(32)46-41)44-42(43-39)45-33-18-7-16-30-28-14-5-11-25-12-6-15-29(36(25)28)31-17-8-19-34(45)38(31)37(30)33/h1-23H. The molecule has 0 atom stereocenters. The predicted molar refractivity (Wildman–Crippen MR) is 189 cm³/mol. The summed E-state index contributed by atoms with van der Waals surface area (Å²) in [4.78, 5) is 10.7. The van der Waals surface area contributed by atoms with E-state index in [9.17, 15) is 0 Å². The molecule has 212 valence electrons. The van der Waals surface area contributed by atoms with Gasteiger partial charge in [-0.25, -0.2) is 9.97 Å². The van der Waals surface area contributed by atoms with E-state index in [0.717, 1.165) is 44.2 Å². The number of para-hydroxylation sites is 1. The van der Waals surface area contributed by atoms with E-state index >= 15 is 0 Å². The van der Waals surface area contributed by atoms with Crippen LogP contribution in [0.15, 0.2) is 144 Å². The SMILES string of the molecule is c1ccc2cc(-c3nc(-n4c5cccc6c5c5c(cccc54)-c4cccc5cccc-6c45)nc4c3oc3ccccc34)ccc2c1. The van der Waals surface area contributed by atoms with Gasteiger partial charge in [0, 0.05) is 21.7 Å². The Balaban J connectivity index is 1.30. The number of rotatable bonds is 2. The molecule has 0 amide bonds. The lowest BCUT2D eigenvalue weighted by Gasteiger charge is -2.13. The summed E-state index contributed by atoms with van der Waals surface area (Å²) in [6.45, 7) is 0. The maximum atomic E-state index is 6.50. The lowest BCUT2D eigenvalue weighted by Crippen LogP contribution is -2.03. The van der Waals surface area contributed by atoms with Gasteiger partial charge < -0.3 is 4.42 Å². The van der Waals surface area contributed by atoms with E-state index in [0.29, 0.717) is 11.5 Å². The number of benzene rings is 7. The molecule has 0 fully saturated rings. The van der Waals surface area contributed by atoms with E-state index in [1.165, 1.54) is 49.2 Å². The summed E-state index contributed by atoms with van der Waals surface area (Å²) in [6.07, 6.45) is 0. The number of hydrogen-bond donors (Lipinski definition) is 0. The van der Waals surface area contributed by atoms with Crippen molar-refractivity contribution in [3.63, 3.8) is 0 Å². The number of nitrogens with zero attached hydrogens (tertiary/aromatic N) is 3. The highest BCUT2D eigenvalue weighted by Gasteiger charge is 2.26. The van der Waals surface area contributed by atoms with Crippen LogP contribution in [0, 0.1) is 0 Å². The number of aromatic nitrogens is 3. The Morgan fingerprint density at radius 2 is 1.09 bits per heavy atom. The van der Waals surface area contributed by atoms with Gasteiger partial charge in [0.25, 0.3) is 0 Å². The molecule has 0 bridgehead atoms. The Kier molecular flexibility index (Phi) is 4.55. The topological polar surface area (TPSA) is 43.9 Å². The van der Waals surface area contributed by atoms with Crippen molar-refractivity contribution in [2.75, 3.05) is 0 Å². The quantitative estimate of drug-likeness (QED) is 0.203. The van der Waals surface area contributed by atoms with Crippen LogP contribution in [0.5, 0.6) is 0 Å². The Morgan fingerprint density at radius 1 is 0.478 bits per heavy atom. The maximum Gasteiger partial charge on any atom is 0.236 e. The third kappa shape index (κ3) is 3.07. The summed E-state index contributed by atoms with van der Waals surface area (Å²) in [5.74, 6) is 0.628. The first kappa shape index (κ1) is 24.1. The van der Waals surface area contributed by atoms with Gasteiger partial charge in [0.1, 0.15) is 16.8 Å². The van der Waals surface area contributed by atoms with Crippen LogP contribution in [-0.4, -0.2) is 14.5 Å². The molecule has 46 heavy (non-hydrogen) atoms. The molecule has 0 spiro atoms. The third-order valence-electron chi connectivity index (χ3n) is 9.73. The van der Waals surface area contributed by atoms with Gasteiger partial charge in [-0.2, -0.15) is 0 Å². The Labute approximate surface area is 262 Å². The molecular formula is C42H23N3O. The molecule has 10 aromatic rings. The van der Waals surface area contributed by atoms with Gasteiger partial charge >= 0.3 is 0 Å². The zero-order chi connectivity index (χ0) is 29.9. The summed E-state index contributed by atoms with van der Waals surface area (Å²) >= 11 is 0. The zero-order valence-corrected chi connectivity index (χ0v) is 24.5. The van der Waals surface area contributed by atoms with E-state index in [1.54, 1.807) is 0 Å². The molecule has 0 unspecified atom stereocenters. The van der Waals surface area contributed by atoms with E-state index in [4.69, 9.17) is 14.4 Å². The fourth-order valence-electron chi connectivity index (χ4n) is 7.77. The minimum atomic E-state index is 0.628. The molecular weight excluding hydrogens is 562 g/mol. The molecule has 1 aliphatic rings. The van der Waals surface area contributed by atoms with Crippen molar-refractivity contribution in [2.45, 2.75) is 0 Å². The Morgan fingerprint density at radius 3 is 1.83 bits per heavy atom.